The number of fused-ring (bicyclic) bond motifs is 1. The Kier molecular flexibility index (Phi) is 8.76. The van der Waals surface area contributed by atoms with Crippen molar-refractivity contribution in [2.45, 2.75) is 26.4 Å². The topological polar surface area (TPSA) is 96.0 Å². The van der Waals surface area contributed by atoms with Gasteiger partial charge in [0, 0.05) is 36.9 Å². The molecule has 2 N–H and O–H groups in total. The van der Waals surface area contributed by atoms with Crippen molar-refractivity contribution >= 4 is 73.4 Å². The molecule has 0 bridgehead atoms. The van der Waals surface area contributed by atoms with Crippen LogP contribution in [0.3, 0.4) is 0 Å². The lowest BCUT2D eigenvalue weighted by molar-refractivity contribution is 0.0393. The zero-order chi connectivity index (χ0) is 26.6. The maximum absolute atomic E-state index is 13.4. The van der Waals surface area contributed by atoms with Gasteiger partial charge in [-0.25, -0.2) is 14.6 Å². The fraction of sp³-hybridized carbons (Fsp3) is 0.400. The number of morpholine rings is 1. The third-order valence-corrected chi connectivity index (χ3v) is 6.93. The molecule has 37 heavy (non-hydrogen) atoms. The second-order valence-electron chi connectivity index (χ2n) is 9.46. The number of anilines is 3. The largest absolute Gasteiger partial charge is 0.444 e. The second kappa shape index (κ2) is 11.8. The third-order valence-electron chi connectivity index (χ3n) is 5.44. The van der Waals surface area contributed by atoms with Gasteiger partial charge in [0.1, 0.15) is 5.60 Å². The van der Waals surface area contributed by atoms with Crippen LogP contribution in [0.2, 0.25) is 10.0 Å². The van der Waals surface area contributed by atoms with Gasteiger partial charge in [0.2, 0.25) is 0 Å². The van der Waals surface area contributed by atoms with Crippen molar-refractivity contribution in [1.29, 1.82) is 0 Å². The van der Waals surface area contributed by atoms with Crippen LogP contribution in [-0.2, 0) is 9.47 Å². The molecule has 2 heterocycles. The Bertz CT molecular complexity index is 1260. The summed E-state index contributed by atoms with van der Waals surface area (Å²) in [5.41, 5.74) is 1.14. The van der Waals surface area contributed by atoms with Crippen molar-refractivity contribution in [3.05, 3.63) is 46.4 Å². The van der Waals surface area contributed by atoms with Gasteiger partial charge >= 0.3 is 12.1 Å². The van der Waals surface area contributed by atoms with Crippen LogP contribution in [0, 0.1) is 0 Å². The third kappa shape index (κ3) is 7.68. The van der Waals surface area contributed by atoms with E-state index in [1.807, 2.05) is 6.07 Å². The molecule has 9 nitrogen and oxygen atoms in total. The Balaban J connectivity index is 1.59. The van der Waals surface area contributed by atoms with Crippen LogP contribution in [0.5, 0.6) is 0 Å². The van der Waals surface area contributed by atoms with E-state index in [-0.39, 0.29) is 6.03 Å². The molecule has 1 aliphatic heterocycles. The second-order valence-corrected chi connectivity index (χ2v) is 11.3. The molecule has 2 aromatic carbocycles. The van der Waals surface area contributed by atoms with Crippen molar-refractivity contribution in [3.63, 3.8) is 0 Å². The molecule has 1 aliphatic rings. The Morgan fingerprint density at radius 3 is 2.51 bits per heavy atom. The molecule has 0 saturated carbocycles. The number of hydrogen-bond donors (Lipinski definition) is 2. The summed E-state index contributed by atoms with van der Waals surface area (Å²) in [6.45, 7) is 9.36. The fourth-order valence-electron chi connectivity index (χ4n) is 3.71. The molecule has 0 aliphatic carbocycles. The Hall–Kier alpha value is -2.63. The summed E-state index contributed by atoms with van der Waals surface area (Å²) in [5.74, 6) is 0. The predicted molar refractivity (Wildman–Crippen MR) is 150 cm³/mol. The summed E-state index contributed by atoms with van der Waals surface area (Å²) >= 11 is 13.9. The molecule has 0 spiro atoms. The lowest BCUT2D eigenvalue weighted by atomic mass is 10.2. The summed E-state index contributed by atoms with van der Waals surface area (Å²) < 4.78 is 11.5. The molecule has 0 radical (unpaired) electrons. The molecule has 1 saturated heterocycles. The lowest BCUT2D eigenvalue weighted by Crippen LogP contribution is -2.44. The van der Waals surface area contributed by atoms with E-state index in [4.69, 9.17) is 32.7 Å². The van der Waals surface area contributed by atoms with Gasteiger partial charge in [-0.3, -0.25) is 15.1 Å². The highest BCUT2D eigenvalue weighted by atomic mass is 35.5. The first-order chi connectivity index (χ1) is 17.6. The maximum Gasteiger partial charge on any atom is 0.413 e. The van der Waals surface area contributed by atoms with E-state index in [2.05, 4.69) is 20.5 Å². The van der Waals surface area contributed by atoms with Crippen molar-refractivity contribution < 1.29 is 19.1 Å². The zero-order valence-electron chi connectivity index (χ0n) is 20.8. The van der Waals surface area contributed by atoms with Gasteiger partial charge in [-0.1, -0.05) is 34.5 Å². The predicted octanol–water partition coefficient (Wildman–Crippen LogP) is 6.32. The van der Waals surface area contributed by atoms with Gasteiger partial charge in [-0.15, -0.1) is 0 Å². The monoisotopic (exact) mass is 565 g/mol. The first-order valence-electron chi connectivity index (χ1n) is 11.8. The van der Waals surface area contributed by atoms with Gasteiger partial charge in [0.25, 0.3) is 0 Å². The number of urea groups is 1. The molecular formula is C25H29Cl2N5O4S. The number of amides is 3. The van der Waals surface area contributed by atoms with Gasteiger partial charge in [0.15, 0.2) is 5.13 Å². The summed E-state index contributed by atoms with van der Waals surface area (Å²) in [6.07, 6.45) is -0.590. The lowest BCUT2D eigenvalue weighted by Gasteiger charge is -2.30. The van der Waals surface area contributed by atoms with Crippen molar-refractivity contribution in [2.24, 2.45) is 0 Å². The number of thiazole rings is 1. The number of halogens is 2. The van der Waals surface area contributed by atoms with E-state index in [1.165, 1.54) is 11.3 Å². The van der Waals surface area contributed by atoms with Crippen LogP contribution in [0.15, 0.2) is 36.4 Å². The number of benzene rings is 2. The van der Waals surface area contributed by atoms with Crippen LogP contribution < -0.4 is 15.5 Å². The van der Waals surface area contributed by atoms with E-state index in [0.29, 0.717) is 58.4 Å². The molecule has 0 unspecified atom stereocenters. The van der Waals surface area contributed by atoms with Crippen LogP contribution >= 0.6 is 34.5 Å². The summed E-state index contributed by atoms with van der Waals surface area (Å²) in [5, 5.41) is 6.92. The van der Waals surface area contributed by atoms with E-state index >= 15 is 0 Å². The number of aromatic nitrogens is 1. The number of carbonyl (C=O) groups excluding carboxylic acids is 2. The number of ether oxygens (including phenoxy) is 2. The van der Waals surface area contributed by atoms with E-state index < -0.39 is 11.7 Å². The zero-order valence-corrected chi connectivity index (χ0v) is 23.2. The van der Waals surface area contributed by atoms with Gasteiger partial charge in [-0.2, -0.15) is 0 Å². The quantitative estimate of drug-likeness (QED) is 0.363. The first-order valence-corrected chi connectivity index (χ1v) is 13.4. The van der Waals surface area contributed by atoms with E-state index in [9.17, 15) is 9.59 Å². The highest BCUT2D eigenvalue weighted by Gasteiger charge is 2.23. The Labute approximate surface area is 229 Å². The molecule has 0 atom stereocenters. The van der Waals surface area contributed by atoms with Crippen LogP contribution in [-0.4, -0.2) is 67.0 Å². The smallest absolute Gasteiger partial charge is 0.413 e. The number of hydrogen-bond acceptors (Lipinski definition) is 7. The Morgan fingerprint density at radius 1 is 1.14 bits per heavy atom. The molecule has 12 heteroatoms. The highest BCUT2D eigenvalue weighted by molar-refractivity contribution is 7.22. The van der Waals surface area contributed by atoms with Crippen molar-refractivity contribution in [2.75, 3.05) is 54.9 Å². The maximum atomic E-state index is 13.4. The molecular weight excluding hydrogens is 537 g/mol. The van der Waals surface area contributed by atoms with Crippen molar-refractivity contribution in [1.82, 2.24) is 9.88 Å². The van der Waals surface area contributed by atoms with Crippen LogP contribution in [0.25, 0.3) is 10.2 Å². The molecule has 3 amide bonds. The van der Waals surface area contributed by atoms with E-state index in [1.54, 1.807) is 56.0 Å². The van der Waals surface area contributed by atoms with Crippen LogP contribution in [0.4, 0.5) is 26.1 Å². The standard InChI is InChI=1S/C25H29Cl2N5O4S/c1-25(2,3)36-24(34)30-22-29-19-14-18(27)20(15-21(19)37-22)32(9-8-31-10-12-35-13-11-31)23(33)28-17-6-4-16(26)5-7-17/h4-7,14-15H,8-13H2,1-3H3,(H,28,33)(H,29,30,34). The molecule has 1 aromatic heterocycles. The summed E-state index contributed by atoms with van der Waals surface area (Å²) in [6, 6.07) is 10.1. The average molecular weight is 567 g/mol. The molecule has 4 rings (SSSR count). The van der Waals surface area contributed by atoms with Gasteiger partial charge in [-0.05, 0) is 57.2 Å². The number of rotatable bonds is 6. The van der Waals surface area contributed by atoms with Crippen molar-refractivity contribution in [3.8, 4) is 0 Å². The molecule has 3 aromatic rings. The molecule has 1 fully saturated rings. The summed E-state index contributed by atoms with van der Waals surface area (Å²) in [4.78, 5) is 33.9. The number of carbonyl (C=O) groups is 2. The van der Waals surface area contributed by atoms with E-state index in [0.717, 1.165) is 17.8 Å². The average Bonchev–Trinajstić information content (AvgIpc) is 3.20. The fourth-order valence-corrected chi connectivity index (χ4v) is 4.96. The number of nitrogens with one attached hydrogen (secondary N) is 2. The van der Waals surface area contributed by atoms with Gasteiger partial charge in [0.05, 0.1) is 34.1 Å². The van der Waals surface area contributed by atoms with Crippen LogP contribution in [0.1, 0.15) is 20.8 Å². The minimum Gasteiger partial charge on any atom is -0.444 e. The number of nitrogens with zero attached hydrogens (tertiary/aromatic N) is 3. The Morgan fingerprint density at radius 2 is 1.84 bits per heavy atom. The van der Waals surface area contributed by atoms with Gasteiger partial charge < -0.3 is 14.8 Å². The normalized spacial score (nSPS) is 14.4. The minimum absolute atomic E-state index is 0.326. The minimum atomic E-state index is -0.629. The highest BCUT2D eigenvalue weighted by Crippen LogP contribution is 2.36. The SMILES string of the molecule is CC(C)(C)OC(=O)Nc1nc2cc(Cl)c(N(CCN3CCOCC3)C(=O)Nc3ccc(Cl)cc3)cc2s1. The summed E-state index contributed by atoms with van der Waals surface area (Å²) in [7, 11) is 0. The first kappa shape index (κ1) is 27.4. The molecule has 198 valence electrons.